The second-order valence-corrected chi connectivity index (χ2v) is 4.96. The van der Waals surface area contributed by atoms with Crippen LogP contribution >= 0.6 is 0 Å². The lowest BCUT2D eigenvalue weighted by Crippen LogP contribution is -2.03. The van der Waals surface area contributed by atoms with Crippen molar-refractivity contribution in [1.82, 2.24) is 0 Å². The third-order valence-corrected chi connectivity index (χ3v) is 3.58. The highest BCUT2D eigenvalue weighted by molar-refractivity contribution is 5.83. The molecule has 0 radical (unpaired) electrons. The number of fused-ring (bicyclic) bond motifs is 1. The van der Waals surface area contributed by atoms with Crippen molar-refractivity contribution in [2.45, 2.75) is 6.54 Å². The molecule has 21 heavy (non-hydrogen) atoms. The van der Waals surface area contributed by atoms with Crippen molar-refractivity contribution in [1.29, 1.82) is 0 Å². The SMILES string of the molecule is COc1cccc(NCc2ccc3ccccc3c2)c1N. The van der Waals surface area contributed by atoms with E-state index in [4.69, 9.17) is 10.5 Å². The van der Waals surface area contributed by atoms with Crippen LogP contribution in [0.1, 0.15) is 5.56 Å². The summed E-state index contributed by atoms with van der Waals surface area (Å²) in [6.07, 6.45) is 0. The van der Waals surface area contributed by atoms with Crippen LogP contribution in [-0.4, -0.2) is 7.11 Å². The van der Waals surface area contributed by atoms with Crippen LogP contribution in [0.5, 0.6) is 5.75 Å². The highest BCUT2D eigenvalue weighted by Gasteiger charge is 2.04. The van der Waals surface area contributed by atoms with Crippen molar-refractivity contribution in [3.63, 3.8) is 0 Å². The maximum atomic E-state index is 6.06. The Labute approximate surface area is 124 Å². The first-order chi connectivity index (χ1) is 10.3. The van der Waals surface area contributed by atoms with E-state index in [0.717, 1.165) is 12.2 Å². The fraction of sp³-hybridized carbons (Fsp3) is 0.111. The van der Waals surface area contributed by atoms with Crippen LogP contribution in [0.2, 0.25) is 0 Å². The lowest BCUT2D eigenvalue weighted by atomic mass is 10.1. The molecule has 0 unspecified atom stereocenters. The second-order valence-electron chi connectivity index (χ2n) is 4.96. The van der Waals surface area contributed by atoms with Crippen LogP contribution in [-0.2, 0) is 6.54 Å². The van der Waals surface area contributed by atoms with E-state index in [1.54, 1.807) is 7.11 Å². The van der Waals surface area contributed by atoms with Crippen LogP contribution in [0.4, 0.5) is 11.4 Å². The Kier molecular flexibility index (Phi) is 3.65. The lowest BCUT2D eigenvalue weighted by Gasteiger charge is -2.12. The molecule has 0 amide bonds. The Morgan fingerprint density at radius 3 is 2.57 bits per heavy atom. The number of rotatable bonds is 4. The number of nitrogen functional groups attached to an aromatic ring is 1. The van der Waals surface area contributed by atoms with Gasteiger partial charge in [-0.15, -0.1) is 0 Å². The molecule has 0 saturated carbocycles. The molecule has 0 aliphatic heterocycles. The van der Waals surface area contributed by atoms with Crippen LogP contribution in [0.3, 0.4) is 0 Å². The smallest absolute Gasteiger partial charge is 0.143 e. The van der Waals surface area contributed by atoms with E-state index in [-0.39, 0.29) is 0 Å². The van der Waals surface area contributed by atoms with Crippen LogP contribution in [0, 0.1) is 0 Å². The van der Waals surface area contributed by atoms with Crippen molar-refractivity contribution in [3.8, 4) is 5.75 Å². The molecule has 0 saturated heterocycles. The molecule has 0 atom stereocenters. The molecule has 106 valence electrons. The van der Waals surface area contributed by atoms with Gasteiger partial charge in [-0.05, 0) is 34.5 Å². The minimum atomic E-state index is 0.640. The molecule has 0 aromatic heterocycles. The zero-order chi connectivity index (χ0) is 14.7. The van der Waals surface area contributed by atoms with E-state index in [2.05, 4.69) is 47.8 Å². The third-order valence-electron chi connectivity index (χ3n) is 3.58. The van der Waals surface area contributed by atoms with Gasteiger partial charge in [-0.1, -0.05) is 42.5 Å². The number of ether oxygens (including phenoxy) is 1. The van der Waals surface area contributed by atoms with Crippen molar-refractivity contribution in [2.24, 2.45) is 0 Å². The van der Waals surface area contributed by atoms with Crippen molar-refractivity contribution >= 4 is 22.1 Å². The number of para-hydroxylation sites is 1. The predicted octanol–water partition coefficient (Wildman–Crippen LogP) is 4.04. The molecular formula is C18H18N2O. The molecule has 3 N–H and O–H groups in total. The third kappa shape index (κ3) is 2.77. The normalized spacial score (nSPS) is 10.5. The number of nitrogens with two attached hydrogens (primary N) is 1. The minimum absolute atomic E-state index is 0.640. The molecule has 3 heteroatoms. The highest BCUT2D eigenvalue weighted by Crippen LogP contribution is 2.29. The zero-order valence-corrected chi connectivity index (χ0v) is 12.0. The number of methoxy groups -OCH3 is 1. The van der Waals surface area contributed by atoms with Gasteiger partial charge in [0.1, 0.15) is 5.75 Å². The minimum Gasteiger partial charge on any atom is -0.495 e. The van der Waals surface area contributed by atoms with E-state index in [9.17, 15) is 0 Å². The fourth-order valence-electron chi connectivity index (χ4n) is 2.42. The summed E-state index contributed by atoms with van der Waals surface area (Å²) in [6.45, 7) is 0.724. The molecule has 3 aromatic carbocycles. The van der Waals surface area contributed by atoms with Crippen molar-refractivity contribution in [2.75, 3.05) is 18.2 Å². The molecule has 0 heterocycles. The summed E-state index contributed by atoms with van der Waals surface area (Å²) in [5.74, 6) is 0.693. The first kappa shape index (κ1) is 13.3. The van der Waals surface area contributed by atoms with Crippen LogP contribution < -0.4 is 15.8 Å². The number of anilines is 2. The molecule has 3 rings (SSSR count). The monoisotopic (exact) mass is 278 g/mol. The summed E-state index contributed by atoms with van der Waals surface area (Å²) in [5, 5.41) is 5.86. The largest absolute Gasteiger partial charge is 0.495 e. The van der Waals surface area contributed by atoms with E-state index in [0.29, 0.717) is 11.4 Å². The molecule has 0 fully saturated rings. The second kappa shape index (κ2) is 5.75. The maximum Gasteiger partial charge on any atom is 0.143 e. The molecule has 3 aromatic rings. The number of hydrogen-bond donors (Lipinski definition) is 2. The van der Waals surface area contributed by atoms with E-state index in [1.807, 2.05) is 18.2 Å². The molecule has 0 aliphatic rings. The summed E-state index contributed by atoms with van der Waals surface area (Å²) in [7, 11) is 1.62. The summed E-state index contributed by atoms with van der Waals surface area (Å²) in [5.41, 5.74) is 8.81. The predicted molar refractivity (Wildman–Crippen MR) is 88.7 cm³/mol. The Morgan fingerprint density at radius 2 is 1.76 bits per heavy atom. The van der Waals surface area contributed by atoms with Crippen molar-refractivity contribution < 1.29 is 4.74 Å². The molecule has 0 spiro atoms. The molecule has 0 bridgehead atoms. The van der Waals surface area contributed by atoms with Gasteiger partial charge in [0.05, 0.1) is 18.5 Å². The first-order valence-electron chi connectivity index (χ1n) is 6.92. The Balaban J connectivity index is 1.80. The van der Waals surface area contributed by atoms with Gasteiger partial charge in [0.25, 0.3) is 0 Å². The average molecular weight is 278 g/mol. The summed E-state index contributed by atoms with van der Waals surface area (Å²) < 4.78 is 5.23. The first-order valence-corrected chi connectivity index (χ1v) is 6.92. The summed E-state index contributed by atoms with van der Waals surface area (Å²) in [6, 6.07) is 20.6. The van der Waals surface area contributed by atoms with Crippen molar-refractivity contribution in [3.05, 3.63) is 66.2 Å². The number of benzene rings is 3. The topological polar surface area (TPSA) is 47.3 Å². The van der Waals surface area contributed by atoms with Crippen LogP contribution in [0.25, 0.3) is 10.8 Å². The van der Waals surface area contributed by atoms with Crippen LogP contribution in [0.15, 0.2) is 60.7 Å². The van der Waals surface area contributed by atoms with Gasteiger partial charge >= 0.3 is 0 Å². The molecule has 3 nitrogen and oxygen atoms in total. The number of hydrogen-bond acceptors (Lipinski definition) is 3. The van der Waals surface area contributed by atoms with E-state index < -0.39 is 0 Å². The zero-order valence-electron chi connectivity index (χ0n) is 12.0. The summed E-state index contributed by atoms with van der Waals surface area (Å²) in [4.78, 5) is 0. The average Bonchev–Trinajstić information content (AvgIpc) is 2.54. The van der Waals surface area contributed by atoms with Gasteiger partial charge in [0.2, 0.25) is 0 Å². The van der Waals surface area contributed by atoms with Gasteiger partial charge in [-0.2, -0.15) is 0 Å². The summed E-state index contributed by atoms with van der Waals surface area (Å²) >= 11 is 0. The number of nitrogens with one attached hydrogen (secondary N) is 1. The standard InChI is InChI=1S/C18H18N2O/c1-21-17-8-4-7-16(18(17)19)20-12-13-9-10-14-5-2-3-6-15(14)11-13/h2-11,20H,12,19H2,1H3. The van der Waals surface area contributed by atoms with Gasteiger partial charge in [0.15, 0.2) is 0 Å². The van der Waals surface area contributed by atoms with Gasteiger partial charge in [-0.25, -0.2) is 0 Å². The highest BCUT2D eigenvalue weighted by atomic mass is 16.5. The van der Waals surface area contributed by atoms with Gasteiger partial charge in [0, 0.05) is 6.54 Å². The van der Waals surface area contributed by atoms with E-state index in [1.165, 1.54) is 16.3 Å². The Bertz CT molecular complexity index is 768. The fourth-order valence-corrected chi connectivity index (χ4v) is 2.42. The maximum absolute atomic E-state index is 6.06. The quantitative estimate of drug-likeness (QED) is 0.708. The lowest BCUT2D eigenvalue weighted by molar-refractivity contribution is 0.417. The Morgan fingerprint density at radius 1 is 0.952 bits per heavy atom. The molecule has 0 aliphatic carbocycles. The van der Waals surface area contributed by atoms with E-state index >= 15 is 0 Å². The molecular weight excluding hydrogens is 260 g/mol. The Hall–Kier alpha value is -2.68. The van der Waals surface area contributed by atoms with Gasteiger partial charge in [-0.3, -0.25) is 0 Å². The van der Waals surface area contributed by atoms with Gasteiger partial charge < -0.3 is 15.8 Å².